The first-order chi connectivity index (χ1) is 15.4. The Labute approximate surface area is 192 Å². The number of likely N-dealkylation sites (tertiary alicyclic amines) is 1. The van der Waals surface area contributed by atoms with Crippen LogP contribution in [0.25, 0.3) is 0 Å². The molecule has 2 fully saturated rings. The highest BCUT2D eigenvalue weighted by Gasteiger charge is 2.50. The predicted molar refractivity (Wildman–Crippen MR) is 126 cm³/mol. The van der Waals surface area contributed by atoms with Gasteiger partial charge in [0, 0.05) is 32.2 Å². The highest BCUT2D eigenvalue weighted by atomic mass is 16.7. The molecule has 0 radical (unpaired) electrons. The zero-order chi connectivity index (χ0) is 22.8. The second-order valence-corrected chi connectivity index (χ2v) is 9.91. The molecule has 0 N–H and O–H groups in total. The SMILES string of the molecule is COCOc1ccc(C2(N(C)C)CCC3(CC2)CC(=O)N(Cc2ccc(C)cc2)C3)cc1. The molecule has 4 rings (SSSR count). The van der Waals surface area contributed by atoms with Crippen LogP contribution in [0.15, 0.2) is 48.5 Å². The van der Waals surface area contributed by atoms with E-state index >= 15 is 0 Å². The molecule has 1 heterocycles. The van der Waals surface area contributed by atoms with E-state index in [-0.39, 0.29) is 17.7 Å². The first kappa shape index (κ1) is 22.8. The quantitative estimate of drug-likeness (QED) is 0.589. The third-order valence-corrected chi connectivity index (χ3v) is 7.63. The molecule has 1 spiro atoms. The molecule has 0 unspecified atom stereocenters. The van der Waals surface area contributed by atoms with E-state index in [1.165, 1.54) is 16.7 Å². The van der Waals surface area contributed by atoms with E-state index in [1.54, 1.807) is 7.11 Å². The van der Waals surface area contributed by atoms with Crippen LogP contribution in [-0.4, -0.2) is 50.2 Å². The number of carbonyl (C=O) groups excluding carboxylic acids is 1. The Morgan fingerprint density at radius 3 is 2.22 bits per heavy atom. The Morgan fingerprint density at radius 1 is 0.969 bits per heavy atom. The van der Waals surface area contributed by atoms with Crippen molar-refractivity contribution >= 4 is 5.91 Å². The van der Waals surface area contributed by atoms with E-state index in [1.807, 2.05) is 12.1 Å². The molecule has 2 aliphatic rings. The highest BCUT2D eigenvalue weighted by Crippen LogP contribution is 2.52. The van der Waals surface area contributed by atoms with Crippen LogP contribution in [0.2, 0.25) is 0 Å². The predicted octanol–water partition coefficient (Wildman–Crippen LogP) is 4.73. The van der Waals surface area contributed by atoms with Gasteiger partial charge in [-0.2, -0.15) is 0 Å². The number of methoxy groups -OCH3 is 1. The minimum atomic E-state index is -0.00153. The van der Waals surface area contributed by atoms with Crippen molar-refractivity contribution in [1.29, 1.82) is 0 Å². The van der Waals surface area contributed by atoms with Crippen molar-refractivity contribution in [2.75, 3.05) is 34.5 Å². The van der Waals surface area contributed by atoms with E-state index in [9.17, 15) is 4.79 Å². The Kier molecular flexibility index (Phi) is 6.59. The summed E-state index contributed by atoms with van der Waals surface area (Å²) in [6, 6.07) is 17.0. The van der Waals surface area contributed by atoms with Crippen LogP contribution < -0.4 is 4.74 Å². The van der Waals surface area contributed by atoms with Gasteiger partial charge in [0.1, 0.15) is 5.75 Å². The lowest BCUT2D eigenvalue weighted by Crippen LogP contribution is -2.47. The summed E-state index contributed by atoms with van der Waals surface area (Å²) < 4.78 is 10.6. The third-order valence-electron chi connectivity index (χ3n) is 7.63. The topological polar surface area (TPSA) is 42.0 Å². The van der Waals surface area contributed by atoms with E-state index in [0.717, 1.165) is 44.5 Å². The fourth-order valence-electron chi connectivity index (χ4n) is 5.55. The average molecular weight is 437 g/mol. The van der Waals surface area contributed by atoms with Crippen LogP contribution in [0.4, 0.5) is 0 Å². The number of amides is 1. The molecular formula is C27H36N2O3. The standard InChI is InChI=1S/C27H36N2O3/c1-21-5-7-22(8-6-21)18-29-19-26(17-25(29)30)13-15-27(16-14-26,28(2)3)23-9-11-24(12-10-23)32-20-31-4/h5-12H,13-20H2,1-4H3. The average Bonchev–Trinajstić information content (AvgIpc) is 3.09. The Hall–Kier alpha value is -2.37. The first-order valence-corrected chi connectivity index (χ1v) is 11.6. The van der Waals surface area contributed by atoms with Gasteiger partial charge in [0.2, 0.25) is 5.91 Å². The summed E-state index contributed by atoms with van der Waals surface area (Å²) >= 11 is 0. The van der Waals surface area contributed by atoms with Crippen LogP contribution >= 0.6 is 0 Å². The zero-order valence-corrected chi connectivity index (χ0v) is 19.9. The summed E-state index contributed by atoms with van der Waals surface area (Å²) in [5.41, 5.74) is 3.91. The minimum absolute atomic E-state index is 0.00153. The van der Waals surface area contributed by atoms with Crippen molar-refractivity contribution < 1.29 is 14.3 Å². The largest absolute Gasteiger partial charge is 0.468 e. The highest BCUT2D eigenvalue weighted by molar-refractivity contribution is 5.79. The van der Waals surface area contributed by atoms with E-state index < -0.39 is 0 Å². The third kappa shape index (κ3) is 4.55. The smallest absolute Gasteiger partial charge is 0.223 e. The maximum atomic E-state index is 12.9. The van der Waals surface area contributed by atoms with Crippen molar-refractivity contribution in [2.45, 2.75) is 51.1 Å². The molecule has 5 nitrogen and oxygen atoms in total. The van der Waals surface area contributed by atoms with Crippen molar-refractivity contribution in [3.05, 3.63) is 65.2 Å². The number of nitrogens with zero attached hydrogens (tertiary/aromatic N) is 2. The van der Waals surface area contributed by atoms with Gasteiger partial charge in [-0.25, -0.2) is 0 Å². The van der Waals surface area contributed by atoms with Gasteiger partial charge in [-0.1, -0.05) is 42.0 Å². The second-order valence-electron chi connectivity index (χ2n) is 9.91. The maximum Gasteiger partial charge on any atom is 0.223 e. The number of ether oxygens (including phenoxy) is 2. The fourth-order valence-corrected chi connectivity index (χ4v) is 5.55. The Morgan fingerprint density at radius 2 is 1.62 bits per heavy atom. The molecular weight excluding hydrogens is 400 g/mol. The van der Waals surface area contributed by atoms with Gasteiger partial charge < -0.3 is 14.4 Å². The summed E-state index contributed by atoms with van der Waals surface area (Å²) in [6.07, 6.45) is 4.95. The number of carbonyl (C=O) groups is 1. The molecule has 1 aliphatic carbocycles. The number of aryl methyl sites for hydroxylation is 1. The lowest BCUT2D eigenvalue weighted by molar-refractivity contribution is -0.128. The molecule has 2 aromatic carbocycles. The van der Waals surface area contributed by atoms with Crippen LogP contribution in [0.5, 0.6) is 5.75 Å². The van der Waals surface area contributed by atoms with Gasteiger partial charge >= 0.3 is 0 Å². The normalized spacial score (nSPS) is 25.7. The van der Waals surface area contributed by atoms with Crippen molar-refractivity contribution in [3.63, 3.8) is 0 Å². The lowest BCUT2D eigenvalue weighted by Gasteiger charge is -2.49. The number of hydrogen-bond donors (Lipinski definition) is 0. The van der Waals surface area contributed by atoms with Gasteiger partial charge in [-0.15, -0.1) is 0 Å². The van der Waals surface area contributed by atoms with Crippen molar-refractivity contribution in [2.24, 2.45) is 5.41 Å². The Bertz CT molecular complexity index is 913. The van der Waals surface area contributed by atoms with Crippen LogP contribution in [0.1, 0.15) is 48.8 Å². The first-order valence-electron chi connectivity index (χ1n) is 11.6. The van der Waals surface area contributed by atoms with Crippen LogP contribution in [-0.2, 0) is 21.6 Å². The molecule has 172 valence electrons. The van der Waals surface area contributed by atoms with Crippen LogP contribution in [0.3, 0.4) is 0 Å². The van der Waals surface area contributed by atoms with Crippen LogP contribution in [0, 0.1) is 12.3 Å². The molecule has 32 heavy (non-hydrogen) atoms. The van der Waals surface area contributed by atoms with Crippen molar-refractivity contribution in [1.82, 2.24) is 9.80 Å². The summed E-state index contributed by atoms with van der Waals surface area (Å²) in [5, 5.41) is 0. The molecule has 1 saturated heterocycles. The number of hydrogen-bond acceptors (Lipinski definition) is 4. The molecule has 1 saturated carbocycles. The number of rotatable bonds is 7. The molecule has 1 aliphatic heterocycles. The maximum absolute atomic E-state index is 12.9. The molecule has 0 aromatic heterocycles. The lowest BCUT2D eigenvalue weighted by atomic mass is 9.64. The van der Waals surface area contributed by atoms with Gasteiger partial charge in [0.05, 0.1) is 0 Å². The monoisotopic (exact) mass is 436 g/mol. The number of benzene rings is 2. The zero-order valence-electron chi connectivity index (χ0n) is 19.9. The van der Waals surface area contributed by atoms with E-state index in [4.69, 9.17) is 9.47 Å². The summed E-state index contributed by atoms with van der Waals surface area (Å²) in [6.45, 7) is 3.96. The van der Waals surface area contributed by atoms with Crippen molar-refractivity contribution in [3.8, 4) is 5.75 Å². The summed E-state index contributed by atoms with van der Waals surface area (Å²) in [7, 11) is 5.98. The van der Waals surface area contributed by atoms with Gasteiger partial charge in [-0.3, -0.25) is 9.69 Å². The minimum Gasteiger partial charge on any atom is -0.468 e. The second kappa shape index (κ2) is 9.24. The molecule has 1 amide bonds. The molecule has 0 bridgehead atoms. The summed E-state index contributed by atoms with van der Waals surface area (Å²) in [4.78, 5) is 17.3. The molecule has 0 atom stereocenters. The van der Waals surface area contributed by atoms with E-state index in [2.05, 4.69) is 67.2 Å². The summed E-state index contributed by atoms with van der Waals surface area (Å²) in [5.74, 6) is 1.13. The van der Waals surface area contributed by atoms with E-state index in [0.29, 0.717) is 12.3 Å². The molecule has 5 heteroatoms. The van der Waals surface area contributed by atoms with Gasteiger partial charge in [-0.05, 0) is 75.4 Å². The Balaban J connectivity index is 1.45. The fraction of sp³-hybridized carbons (Fsp3) is 0.519. The molecule has 2 aromatic rings. The van der Waals surface area contributed by atoms with Gasteiger partial charge in [0.25, 0.3) is 0 Å². The van der Waals surface area contributed by atoms with Gasteiger partial charge in [0.15, 0.2) is 6.79 Å².